The molecule has 0 bridgehead atoms. The SMILES string of the molecule is COC(=O)CCCNc1ccc(OC(C)(C)C)cc1C. The molecule has 1 rings (SSSR count). The summed E-state index contributed by atoms with van der Waals surface area (Å²) in [5.74, 6) is 0.701. The second kappa shape index (κ2) is 7.17. The monoisotopic (exact) mass is 279 g/mol. The van der Waals surface area contributed by atoms with Gasteiger partial charge in [-0.25, -0.2) is 0 Å². The Bertz CT molecular complexity index is 450. The fourth-order valence-corrected chi connectivity index (χ4v) is 1.81. The number of benzene rings is 1. The van der Waals surface area contributed by atoms with Crippen molar-refractivity contribution in [3.8, 4) is 5.75 Å². The molecule has 1 aromatic carbocycles. The highest BCUT2D eigenvalue weighted by atomic mass is 16.5. The molecular formula is C16H25NO3. The molecule has 0 heterocycles. The quantitative estimate of drug-likeness (QED) is 0.639. The number of methoxy groups -OCH3 is 1. The lowest BCUT2D eigenvalue weighted by Gasteiger charge is -2.22. The minimum atomic E-state index is -0.193. The lowest BCUT2D eigenvalue weighted by atomic mass is 10.1. The Hall–Kier alpha value is -1.71. The summed E-state index contributed by atoms with van der Waals surface area (Å²) in [5, 5.41) is 3.32. The van der Waals surface area contributed by atoms with Gasteiger partial charge in [0, 0.05) is 18.7 Å². The van der Waals surface area contributed by atoms with Crippen LogP contribution in [0.5, 0.6) is 5.75 Å². The van der Waals surface area contributed by atoms with Gasteiger partial charge in [-0.2, -0.15) is 0 Å². The van der Waals surface area contributed by atoms with Crippen molar-refractivity contribution in [2.45, 2.75) is 46.1 Å². The van der Waals surface area contributed by atoms with E-state index in [1.807, 2.05) is 45.9 Å². The molecule has 0 saturated heterocycles. The molecule has 1 aromatic rings. The van der Waals surface area contributed by atoms with E-state index < -0.39 is 0 Å². The Morgan fingerprint density at radius 2 is 2.00 bits per heavy atom. The number of carbonyl (C=O) groups excluding carboxylic acids is 1. The van der Waals surface area contributed by atoms with Crippen LogP contribution in [-0.2, 0) is 9.53 Å². The number of rotatable bonds is 6. The van der Waals surface area contributed by atoms with Crippen LogP contribution in [0.2, 0.25) is 0 Å². The third-order valence-corrected chi connectivity index (χ3v) is 2.72. The number of aryl methyl sites for hydroxylation is 1. The number of nitrogens with one attached hydrogen (secondary N) is 1. The molecule has 4 heteroatoms. The van der Waals surface area contributed by atoms with Crippen LogP contribution in [0.4, 0.5) is 5.69 Å². The van der Waals surface area contributed by atoms with Crippen LogP contribution in [0.3, 0.4) is 0 Å². The Kier molecular flexibility index (Phi) is 5.86. The van der Waals surface area contributed by atoms with E-state index in [0.29, 0.717) is 6.42 Å². The van der Waals surface area contributed by atoms with Gasteiger partial charge in [-0.15, -0.1) is 0 Å². The summed E-state index contributed by atoms with van der Waals surface area (Å²) < 4.78 is 10.4. The van der Waals surface area contributed by atoms with Crippen LogP contribution in [-0.4, -0.2) is 25.2 Å². The summed E-state index contributed by atoms with van der Waals surface area (Å²) in [6, 6.07) is 5.99. The Morgan fingerprint density at radius 1 is 1.30 bits per heavy atom. The maximum Gasteiger partial charge on any atom is 0.305 e. The van der Waals surface area contributed by atoms with Crippen LogP contribution >= 0.6 is 0 Å². The summed E-state index contributed by atoms with van der Waals surface area (Å²) in [4.78, 5) is 11.0. The predicted octanol–water partition coefficient (Wildman–Crippen LogP) is 3.54. The largest absolute Gasteiger partial charge is 0.488 e. The highest BCUT2D eigenvalue weighted by molar-refractivity contribution is 5.69. The van der Waals surface area contributed by atoms with Crippen LogP contribution in [0.25, 0.3) is 0 Å². The van der Waals surface area contributed by atoms with Crippen molar-refractivity contribution in [3.63, 3.8) is 0 Å². The van der Waals surface area contributed by atoms with Gasteiger partial charge < -0.3 is 14.8 Å². The Balaban J connectivity index is 2.50. The number of anilines is 1. The summed E-state index contributed by atoms with van der Waals surface area (Å²) >= 11 is 0. The minimum Gasteiger partial charge on any atom is -0.488 e. The summed E-state index contributed by atoms with van der Waals surface area (Å²) in [5.41, 5.74) is 2.00. The first-order valence-electron chi connectivity index (χ1n) is 6.92. The first-order valence-corrected chi connectivity index (χ1v) is 6.92. The zero-order chi connectivity index (χ0) is 15.2. The molecular weight excluding hydrogens is 254 g/mol. The van der Waals surface area contributed by atoms with Crippen molar-refractivity contribution in [2.75, 3.05) is 19.0 Å². The van der Waals surface area contributed by atoms with Crippen molar-refractivity contribution in [3.05, 3.63) is 23.8 Å². The number of esters is 1. The van der Waals surface area contributed by atoms with Crippen LogP contribution < -0.4 is 10.1 Å². The predicted molar refractivity (Wildman–Crippen MR) is 81.3 cm³/mol. The highest BCUT2D eigenvalue weighted by Crippen LogP contribution is 2.24. The van der Waals surface area contributed by atoms with Gasteiger partial charge in [0.15, 0.2) is 0 Å². The number of hydrogen-bond donors (Lipinski definition) is 1. The van der Waals surface area contributed by atoms with Crippen molar-refractivity contribution in [1.82, 2.24) is 0 Å². The van der Waals surface area contributed by atoms with E-state index in [-0.39, 0.29) is 11.6 Å². The molecule has 1 N–H and O–H groups in total. The topological polar surface area (TPSA) is 47.6 Å². The molecule has 0 radical (unpaired) electrons. The van der Waals surface area contributed by atoms with Crippen LogP contribution in [0, 0.1) is 6.92 Å². The zero-order valence-electron chi connectivity index (χ0n) is 13.1. The van der Waals surface area contributed by atoms with Crippen molar-refractivity contribution < 1.29 is 14.3 Å². The minimum absolute atomic E-state index is 0.169. The molecule has 0 fully saturated rings. The van der Waals surface area contributed by atoms with E-state index >= 15 is 0 Å². The summed E-state index contributed by atoms with van der Waals surface area (Å²) in [6.07, 6.45) is 1.19. The first-order chi connectivity index (χ1) is 9.31. The average molecular weight is 279 g/mol. The van der Waals surface area contributed by atoms with E-state index in [0.717, 1.165) is 30.0 Å². The molecule has 0 atom stereocenters. The normalized spacial score (nSPS) is 11.1. The van der Waals surface area contributed by atoms with E-state index in [1.165, 1.54) is 7.11 Å². The maximum absolute atomic E-state index is 11.0. The lowest BCUT2D eigenvalue weighted by molar-refractivity contribution is -0.140. The first kappa shape index (κ1) is 16.3. The van der Waals surface area contributed by atoms with Crippen LogP contribution in [0.15, 0.2) is 18.2 Å². The van der Waals surface area contributed by atoms with Gasteiger partial charge in [0.1, 0.15) is 11.4 Å². The van der Waals surface area contributed by atoms with Gasteiger partial charge in [-0.1, -0.05) is 0 Å². The van der Waals surface area contributed by atoms with Gasteiger partial charge in [0.05, 0.1) is 7.11 Å². The van der Waals surface area contributed by atoms with E-state index in [9.17, 15) is 4.79 Å². The Morgan fingerprint density at radius 3 is 2.55 bits per heavy atom. The molecule has 0 amide bonds. The average Bonchev–Trinajstić information content (AvgIpc) is 2.34. The molecule has 112 valence electrons. The molecule has 0 spiro atoms. The van der Waals surface area contributed by atoms with E-state index in [4.69, 9.17) is 4.74 Å². The molecule has 0 aliphatic heterocycles. The smallest absolute Gasteiger partial charge is 0.305 e. The zero-order valence-corrected chi connectivity index (χ0v) is 13.1. The Labute approximate surface area is 121 Å². The molecule has 4 nitrogen and oxygen atoms in total. The maximum atomic E-state index is 11.0. The molecule has 0 saturated carbocycles. The van der Waals surface area contributed by atoms with Crippen molar-refractivity contribution >= 4 is 11.7 Å². The fraction of sp³-hybridized carbons (Fsp3) is 0.562. The second-order valence-electron chi connectivity index (χ2n) is 5.80. The van der Waals surface area contributed by atoms with Gasteiger partial charge in [-0.05, 0) is 57.9 Å². The van der Waals surface area contributed by atoms with Crippen LogP contribution in [0.1, 0.15) is 39.2 Å². The highest BCUT2D eigenvalue weighted by Gasteiger charge is 2.12. The number of ether oxygens (including phenoxy) is 2. The van der Waals surface area contributed by atoms with Crippen molar-refractivity contribution in [1.29, 1.82) is 0 Å². The summed E-state index contributed by atoms with van der Waals surface area (Å²) in [6.45, 7) is 8.87. The number of carbonyl (C=O) groups is 1. The lowest BCUT2D eigenvalue weighted by Crippen LogP contribution is -2.23. The van der Waals surface area contributed by atoms with Gasteiger partial charge in [0.2, 0.25) is 0 Å². The molecule has 0 aromatic heterocycles. The second-order valence-corrected chi connectivity index (χ2v) is 5.80. The fourth-order valence-electron chi connectivity index (χ4n) is 1.81. The van der Waals surface area contributed by atoms with E-state index in [2.05, 4.69) is 10.1 Å². The van der Waals surface area contributed by atoms with Crippen molar-refractivity contribution in [2.24, 2.45) is 0 Å². The van der Waals surface area contributed by atoms with Gasteiger partial charge in [0.25, 0.3) is 0 Å². The molecule has 0 unspecified atom stereocenters. The van der Waals surface area contributed by atoms with Gasteiger partial charge in [-0.3, -0.25) is 4.79 Å². The van der Waals surface area contributed by atoms with Gasteiger partial charge >= 0.3 is 5.97 Å². The number of hydrogen-bond acceptors (Lipinski definition) is 4. The molecule has 20 heavy (non-hydrogen) atoms. The standard InChI is InChI=1S/C16H25NO3/c1-12-11-13(20-16(2,3)4)8-9-14(12)17-10-6-7-15(18)19-5/h8-9,11,17H,6-7,10H2,1-5H3. The third kappa shape index (κ3) is 5.95. The molecule has 0 aliphatic rings. The van der Waals surface area contributed by atoms with E-state index in [1.54, 1.807) is 0 Å². The third-order valence-electron chi connectivity index (χ3n) is 2.72. The summed E-state index contributed by atoms with van der Waals surface area (Å²) in [7, 11) is 1.41. The molecule has 0 aliphatic carbocycles.